The molecule has 0 heterocycles. The van der Waals surface area contributed by atoms with Crippen LogP contribution in [0.15, 0.2) is 0 Å². The molecule has 1 rings (SSSR count). The molecular formula is C13H26N2O4. The predicted molar refractivity (Wildman–Crippen MR) is 71.6 cm³/mol. The average Bonchev–Trinajstić information content (AvgIpc) is 2.46. The van der Waals surface area contributed by atoms with E-state index in [0.29, 0.717) is 6.42 Å². The largest absolute Gasteiger partial charge is 0.394 e. The number of nitrogens with one attached hydrogen (secondary N) is 2. The topological polar surface area (TPSA) is 102 Å². The van der Waals surface area contributed by atoms with E-state index in [1.165, 1.54) is 6.42 Å². The zero-order chi connectivity index (χ0) is 14.4. The van der Waals surface area contributed by atoms with Crippen LogP contribution < -0.4 is 10.6 Å². The van der Waals surface area contributed by atoms with Gasteiger partial charge in [0, 0.05) is 12.0 Å². The minimum Gasteiger partial charge on any atom is -0.394 e. The highest BCUT2D eigenvalue weighted by molar-refractivity contribution is 5.78. The summed E-state index contributed by atoms with van der Waals surface area (Å²) < 4.78 is 0. The second kappa shape index (κ2) is 7.19. The van der Waals surface area contributed by atoms with Crippen molar-refractivity contribution in [1.82, 2.24) is 10.6 Å². The first-order valence-corrected chi connectivity index (χ1v) is 6.88. The van der Waals surface area contributed by atoms with Gasteiger partial charge in [0.25, 0.3) is 0 Å². The molecular weight excluding hydrogens is 248 g/mol. The minimum atomic E-state index is -1.33. The molecule has 0 aromatic rings. The van der Waals surface area contributed by atoms with Gasteiger partial charge >= 0.3 is 0 Å². The first kappa shape index (κ1) is 16.4. The Morgan fingerprint density at radius 3 is 2.05 bits per heavy atom. The van der Waals surface area contributed by atoms with Gasteiger partial charge in [-0.05, 0) is 19.9 Å². The molecule has 1 amide bonds. The van der Waals surface area contributed by atoms with Crippen LogP contribution in [0.4, 0.5) is 0 Å². The number of rotatable bonds is 7. The molecule has 0 bridgehead atoms. The Kier molecular flexibility index (Phi) is 6.19. The highest BCUT2D eigenvalue weighted by atomic mass is 16.3. The monoisotopic (exact) mass is 274 g/mol. The predicted octanol–water partition coefficient (Wildman–Crippen LogP) is -0.869. The van der Waals surface area contributed by atoms with E-state index in [-0.39, 0.29) is 11.4 Å². The lowest BCUT2D eigenvalue weighted by Crippen LogP contribution is -2.59. The molecule has 1 aliphatic rings. The van der Waals surface area contributed by atoms with Crippen LogP contribution in [0.25, 0.3) is 0 Å². The van der Waals surface area contributed by atoms with Gasteiger partial charge < -0.3 is 26.0 Å². The van der Waals surface area contributed by atoms with E-state index in [2.05, 4.69) is 10.6 Å². The molecule has 0 aromatic heterocycles. The van der Waals surface area contributed by atoms with Crippen molar-refractivity contribution in [3.63, 3.8) is 0 Å². The fraction of sp³-hybridized carbons (Fsp3) is 0.923. The molecule has 1 saturated carbocycles. The molecule has 0 radical (unpaired) electrons. The summed E-state index contributed by atoms with van der Waals surface area (Å²) in [6, 6.07) is 0. The van der Waals surface area contributed by atoms with Crippen LogP contribution in [0, 0.1) is 0 Å². The van der Waals surface area contributed by atoms with Crippen molar-refractivity contribution >= 4 is 5.91 Å². The fourth-order valence-electron chi connectivity index (χ4n) is 2.66. The minimum absolute atomic E-state index is 0.200. The Balaban J connectivity index is 2.62. The molecule has 6 nitrogen and oxygen atoms in total. The Labute approximate surface area is 114 Å². The molecule has 0 aliphatic heterocycles. The third-order valence-corrected chi connectivity index (χ3v) is 4.15. The van der Waals surface area contributed by atoms with Gasteiger partial charge in [-0.2, -0.15) is 0 Å². The summed E-state index contributed by atoms with van der Waals surface area (Å²) in [6.45, 7) is -1.46. The van der Waals surface area contributed by atoms with Gasteiger partial charge in [0.1, 0.15) is 5.54 Å². The number of aliphatic hydroxyl groups excluding tert-OH is 3. The lowest BCUT2D eigenvalue weighted by molar-refractivity contribution is -0.127. The lowest BCUT2D eigenvalue weighted by Gasteiger charge is -2.38. The maximum atomic E-state index is 12.1. The van der Waals surface area contributed by atoms with Gasteiger partial charge in [-0.3, -0.25) is 4.79 Å². The van der Waals surface area contributed by atoms with Gasteiger partial charge in [-0.25, -0.2) is 0 Å². The second-order valence-electron chi connectivity index (χ2n) is 5.57. The van der Waals surface area contributed by atoms with E-state index < -0.39 is 25.4 Å². The smallest absolute Gasteiger partial charge is 0.222 e. The van der Waals surface area contributed by atoms with Crippen LogP contribution in [-0.2, 0) is 4.79 Å². The van der Waals surface area contributed by atoms with Crippen LogP contribution in [0.5, 0.6) is 0 Å². The molecule has 1 fully saturated rings. The van der Waals surface area contributed by atoms with E-state index in [1.807, 2.05) is 7.05 Å². The first-order valence-electron chi connectivity index (χ1n) is 6.88. The average molecular weight is 274 g/mol. The molecule has 0 saturated heterocycles. The maximum Gasteiger partial charge on any atom is 0.222 e. The number of hydrogen-bond acceptors (Lipinski definition) is 5. The number of carbonyl (C=O) groups is 1. The Morgan fingerprint density at radius 1 is 1.11 bits per heavy atom. The van der Waals surface area contributed by atoms with Crippen molar-refractivity contribution in [2.45, 2.75) is 49.6 Å². The highest BCUT2D eigenvalue weighted by Gasteiger charge is 2.36. The molecule has 0 unspecified atom stereocenters. The summed E-state index contributed by atoms with van der Waals surface area (Å²) in [6.07, 6.45) is 5.57. The third-order valence-electron chi connectivity index (χ3n) is 4.15. The lowest BCUT2D eigenvalue weighted by atomic mass is 9.79. The fourth-order valence-corrected chi connectivity index (χ4v) is 2.66. The summed E-state index contributed by atoms with van der Waals surface area (Å²) in [4.78, 5) is 12.1. The van der Waals surface area contributed by atoms with Gasteiger partial charge in [-0.1, -0.05) is 19.3 Å². The Morgan fingerprint density at radius 2 is 1.63 bits per heavy atom. The van der Waals surface area contributed by atoms with Gasteiger partial charge in [-0.15, -0.1) is 0 Å². The van der Waals surface area contributed by atoms with Crippen molar-refractivity contribution in [2.24, 2.45) is 0 Å². The van der Waals surface area contributed by atoms with Crippen LogP contribution in [0.2, 0.25) is 0 Å². The van der Waals surface area contributed by atoms with E-state index in [0.717, 1.165) is 25.7 Å². The Bertz CT molecular complexity index is 278. The SMILES string of the molecule is CNC1(CC(=O)NC(CO)(CO)CO)CCCCC1. The van der Waals surface area contributed by atoms with E-state index >= 15 is 0 Å². The van der Waals surface area contributed by atoms with Gasteiger partial charge in [0.15, 0.2) is 0 Å². The molecule has 1 aliphatic carbocycles. The standard InChI is InChI=1S/C13H26N2O4/c1-14-12(5-3-2-4-6-12)7-11(19)15-13(8-16,9-17)10-18/h14,16-18H,2-10H2,1H3,(H,15,19). The van der Waals surface area contributed by atoms with Crippen LogP contribution in [-0.4, -0.2) is 59.2 Å². The second-order valence-corrected chi connectivity index (χ2v) is 5.57. The molecule has 0 aromatic carbocycles. The molecule has 0 spiro atoms. The summed E-state index contributed by atoms with van der Waals surface area (Å²) >= 11 is 0. The van der Waals surface area contributed by atoms with E-state index in [4.69, 9.17) is 0 Å². The summed E-state index contributed by atoms with van der Waals surface area (Å²) in [5.74, 6) is -0.256. The maximum absolute atomic E-state index is 12.1. The Hall–Kier alpha value is -0.690. The van der Waals surface area contributed by atoms with Crippen molar-refractivity contribution in [3.8, 4) is 0 Å². The normalized spacial score (nSPS) is 19.2. The zero-order valence-corrected chi connectivity index (χ0v) is 11.6. The highest BCUT2D eigenvalue weighted by Crippen LogP contribution is 2.30. The number of carbonyl (C=O) groups excluding carboxylic acids is 1. The summed E-state index contributed by atoms with van der Waals surface area (Å²) in [7, 11) is 1.86. The van der Waals surface area contributed by atoms with E-state index in [9.17, 15) is 20.1 Å². The summed E-state index contributed by atoms with van der Waals surface area (Å²) in [5, 5.41) is 33.4. The van der Waals surface area contributed by atoms with Gasteiger partial charge in [0.2, 0.25) is 5.91 Å². The molecule has 6 heteroatoms. The van der Waals surface area contributed by atoms with Crippen molar-refractivity contribution < 1.29 is 20.1 Å². The molecule has 112 valence electrons. The van der Waals surface area contributed by atoms with Gasteiger partial charge in [0.05, 0.1) is 19.8 Å². The van der Waals surface area contributed by atoms with Crippen LogP contribution in [0.1, 0.15) is 38.5 Å². The zero-order valence-electron chi connectivity index (χ0n) is 11.6. The van der Waals surface area contributed by atoms with Crippen LogP contribution >= 0.6 is 0 Å². The summed E-state index contributed by atoms with van der Waals surface area (Å²) in [5.41, 5.74) is -1.53. The molecule has 19 heavy (non-hydrogen) atoms. The van der Waals surface area contributed by atoms with Crippen molar-refractivity contribution in [3.05, 3.63) is 0 Å². The van der Waals surface area contributed by atoms with Crippen LogP contribution in [0.3, 0.4) is 0 Å². The third kappa shape index (κ3) is 4.14. The quantitative estimate of drug-likeness (QED) is 0.415. The number of aliphatic hydroxyl groups is 3. The number of hydrogen-bond donors (Lipinski definition) is 5. The van der Waals surface area contributed by atoms with Crippen molar-refractivity contribution in [2.75, 3.05) is 26.9 Å². The molecule has 0 atom stereocenters. The van der Waals surface area contributed by atoms with E-state index in [1.54, 1.807) is 0 Å². The molecule has 5 N–H and O–H groups in total. The number of amides is 1. The van der Waals surface area contributed by atoms with Crippen molar-refractivity contribution in [1.29, 1.82) is 0 Å². The first-order chi connectivity index (χ1) is 9.05.